The molecule has 1 fully saturated rings. The van der Waals surface area contributed by atoms with Crippen molar-refractivity contribution in [3.8, 4) is 17.3 Å². The molecule has 1 aromatic carbocycles. The van der Waals surface area contributed by atoms with E-state index in [0.717, 1.165) is 41.7 Å². The lowest BCUT2D eigenvalue weighted by Gasteiger charge is -2.31. The molecule has 1 aliphatic heterocycles. The summed E-state index contributed by atoms with van der Waals surface area (Å²) in [6, 6.07) is 11.8. The largest absolute Gasteiger partial charge is 0.480 e. The molecule has 0 aliphatic carbocycles. The number of para-hydroxylation sites is 1. The minimum absolute atomic E-state index is 0.302. The third-order valence-corrected chi connectivity index (χ3v) is 4.48. The van der Waals surface area contributed by atoms with Gasteiger partial charge in [0.15, 0.2) is 5.82 Å². The lowest BCUT2D eigenvalue weighted by Crippen LogP contribution is -2.38. The van der Waals surface area contributed by atoms with Gasteiger partial charge in [-0.25, -0.2) is 15.0 Å². The Morgan fingerprint density at radius 1 is 1.20 bits per heavy atom. The number of aliphatic hydroxyl groups is 1. The molecule has 0 bridgehead atoms. The highest BCUT2D eigenvalue weighted by molar-refractivity contribution is 5.85. The number of piperidine rings is 1. The van der Waals surface area contributed by atoms with Gasteiger partial charge in [0.2, 0.25) is 5.88 Å². The van der Waals surface area contributed by atoms with Crippen molar-refractivity contribution in [2.45, 2.75) is 18.9 Å². The zero-order valence-electron chi connectivity index (χ0n) is 14.1. The zero-order valence-corrected chi connectivity index (χ0v) is 14.1. The van der Waals surface area contributed by atoms with Crippen molar-refractivity contribution in [2.75, 3.05) is 25.1 Å². The fourth-order valence-electron chi connectivity index (χ4n) is 3.23. The molecule has 3 heterocycles. The van der Waals surface area contributed by atoms with Gasteiger partial charge in [-0.3, -0.25) is 0 Å². The zero-order chi connectivity index (χ0) is 17.2. The molecule has 3 aromatic rings. The van der Waals surface area contributed by atoms with Gasteiger partial charge < -0.3 is 14.7 Å². The Hall–Kier alpha value is -2.73. The van der Waals surface area contributed by atoms with E-state index in [2.05, 4.69) is 14.9 Å². The minimum atomic E-state index is -0.302. The molecule has 1 N–H and O–H groups in total. The van der Waals surface area contributed by atoms with E-state index in [1.165, 1.54) is 0 Å². The number of rotatable bonds is 3. The predicted molar refractivity (Wildman–Crippen MR) is 96.8 cm³/mol. The van der Waals surface area contributed by atoms with Gasteiger partial charge in [-0.05, 0) is 31.0 Å². The molecule has 1 saturated heterocycles. The molecule has 0 radical (unpaired) electrons. The van der Waals surface area contributed by atoms with E-state index in [4.69, 9.17) is 9.72 Å². The predicted octanol–water partition coefficient (Wildman–Crippen LogP) is 2.66. The molecule has 0 spiro atoms. The SMILES string of the molecule is COc1nc2ccccc2cc1-c1nccc(N2CCCC(O)C2)n1. The number of hydrogen-bond donors (Lipinski definition) is 1. The molecule has 2 aromatic heterocycles. The molecule has 0 amide bonds. The van der Waals surface area contributed by atoms with Gasteiger partial charge in [-0.2, -0.15) is 0 Å². The Kier molecular flexibility index (Phi) is 4.19. The van der Waals surface area contributed by atoms with E-state index in [0.29, 0.717) is 18.2 Å². The maximum Gasteiger partial charge on any atom is 0.224 e. The van der Waals surface area contributed by atoms with Crippen LogP contribution in [0.1, 0.15) is 12.8 Å². The summed E-state index contributed by atoms with van der Waals surface area (Å²) in [6.07, 6.45) is 3.25. The number of benzene rings is 1. The fourth-order valence-corrected chi connectivity index (χ4v) is 3.23. The number of aliphatic hydroxyl groups excluding tert-OH is 1. The molecule has 1 aliphatic rings. The van der Waals surface area contributed by atoms with Gasteiger partial charge in [-0.15, -0.1) is 0 Å². The quantitative estimate of drug-likeness (QED) is 0.793. The molecule has 4 rings (SSSR count). The first-order valence-electron chi connectivity index (χ1n) is 8.45. The third-order valence-electron chi connectivity index (χ3n) is 4.48. The van der Waals surface area contributed by atoms with Gasteiger partial charge in [0.25, 0.3) is 0 Å². The van der Waals surface area contributed by atoms with Crippen LogP contribution in [0.2, 0.25) is 0 Å². The molecule has 1 unspecified atom stereocenters. The Bertz CT molecular complexity index is 899. The van der Waals surface area contributed by atoms with Crippen LogP contribution in [0.5, 0.6) is 5.88 Å². The summed E-state index contributed by atoms with van der Waals surface area (Å²) >= 11 is 0. The van der Waals surface area contributed by atoms with Crippen LogP contribution in [0.4, 0.5) is 5.82 Å². The summed E-state index contributed by atoms with van der Waals surface area (Å²) in [7, 11) is 1.60. The van der Waals surface area contributed by atoms with Crippen molar-refractivity contribution in [2.24, 2.45) is 0 Å². The van der Waals surface area contributed by atoms with Gasteiger partial charge in [0.1, 0.15) is 5.82 Å². The van der Waals surface area contributed by atoms with Crippen molar-refractivity contribution in [3.63, 3.8) is 0 Å². The van der Waals surface area contributed by atoms with Crippen LogP contribution >= 0.6 is 0 Å². The van der Waals surface area contributed by atoms with E-state index in [-0.39, 0.29) is 6.10 Å². The van der Waals surface area contributed by atoms with E-state index in [9.17, 15) is 5.11 Å². The number of fused-ring (bicyclic) bond motifs is 1. The monoisotopic (exact) mass is 336 g/mol. The van der Waals surface area contributed by atoms with E-state index >= 15 is 0 Å². The van der Waals surface area contributed by atoms with Crippen molar-refractivity contribution in [1.29, 1.82) is 0 Å². The number of nitrogens with zero attached hydrogens (tertiary/aromatic N) is 4. The lowest BCUT2D eigenvalue weighted by atomic mass is 10.1. The first kappa shape index (κ1) is 15.8. The lowest BCUT2D eigenvalue weighted by molar-refractivity contribution is 0.154. The molecule has 25 heavy (non-hydrogen) atoms. The maximum atomic E-state index is 9.91. The standard InChI is InChI=1S/C19H20N4O2/c1-25-19-15(11-13-5-2-3-7-16(13)21-19)18-20-9-8-17(22-18)23-10-4-6-14(24)12-23/h2-3,5,7-9,11,14,24H,4,6,10,12H2,1H3. The molecule has 6 nitrogen and oxygen atoms in total. The van der Waals surface area contributed by atoms with Crippen molar-refractivity contribution < 1.29 is 9.84 Å². The highest BCUT2D eigenvalue weighted by Crippen LogP contribution is 2.30. The summed E-state index contributed by atoms with van der Waals surface area (Å²) in [5.41, 5.74) is 1.64. The van der Waals surface area contributed by atoms with E-state index in [1.54, 1.807) is 13.3 Å². The second-order valence-corrected chi connectivity index (χ2v) is 6.22. The summed E-state index contributed by atoms with van der Waals surface area (Å²) < 4.78 is 5.47. The van der Waals surface area contributed by atoms with Crippen molar-refractivity contribution >= 4 is 16.7 Å². The summed E-state index contributed by atoms with van der Waals surface area (Å²) in [4.78, 5) is 15.8. The second-order valence-electron chi connectivity index (χ2n) is 6.22. The number of methoxy groups -OCH3 is 1. The Morgan fingerprint density at radius 2 is 2.08 bits per heavy atom. The molecular weight excluding hydrogens is 316 g/mol. The average Bonchev–Trinajstić information content (AvgIpc) is 2.67. The number of pyridine rings is 1. The van der Waals surface area contributed by atoms with Crippen LogP contribution in [-0.2, 0) is 0 Å². The van der Waals surface area contributed by atoms with Crippen molar-refractivity contribution in [3.05, 3.63) is 42.6 Å². The van der Waals surface area contributed by atoms with Gasteiger partial charge >= 0.3 is 0 Å². The number of aromatic nitrogens is 3. The number of β-amino-alcohol motifs (C(OH)–C–C–N with tert-alkyl or cyclic N) is 1. The second kappa shape index (κ2) is 6.64. The first-order chi connectivity index (χ1) is 12.2. The van der Waals surface area contributed by atoms with Gasteiger partial charge in [-0.1, -0.05) is 18.2 Å². The van der Waals surface area contributed by atoms with Crippen LogP contribution in [0.15, 0.2) is 42.6 Å². The Balaban J connectivity index is 1.76. The van der Waals surface area contributed by atoms with Crippen LogP contribution in [0, 0.1) is 0 Å². The smallest absolute Gasteiger partial charge is 0.224 e. The number of ether oxygens (including phenoxy) is 1. The molecular formula is C19H20N4O2. The average molecular weight is 336 g/mol. The number of hydrogen-bond acceptors (Lipinski definition) is 6. The Morgan fingerprint density at radius 3 is 2.92 bits per heavy atom. The maximum absolute atomic E-state index is 9.91. The molecule has 128 valence electrons. The summed E-state index contributed by atoms with van der Waals surface area (Å²) in [5, 5.41) is 10.9. The van der Waals surface area contributed by atoms with Crippen LogP contribution in [-0.4, -0.2) is 46.4 Å². The first-order valence-corrected chi connectivity index (χ1v) is 8.45. The number of anilines is 1. The van der Waals surface area contributed by atoms with Gasteiger partial charge in [0, 0.05) is 24.7 Å². The van der Waals surface area contributed by atoms with E-state index < -0.39 is 0 Å². The van der Waals surface area contributed by atoms with Crippen molar-refractivity contribution in [1.82, 2.24) is 15.0 Å². The van der Waals surface area contributed by atoms with Crippen LogP contribution in [0.3, 0.4) is 0 Å². The summed E-state index contributed by atoms with van der Waals surface area (Å²) in [6.45, 7) is 1.49. The molecule has 1 atom stereocenters. The minimum Gasteiger partial charge on any atom is -0.480 e. The molecule has 6 heteroatoms. The van der Waals surface area contributed by atoms with Crippen LogP contribution < -0.4 is 9.64 Å². The fraction of sp³-hybridized carbons (Fsp3) is 0.316. The molecule has 0 saturated carbocycles. The topological polar surface area (TPSA) is 71.4 Å². The van der Waals surface area contributed by atoms with Gasteiger partial charge in [0.05, 0.1) is 24.3 Å². The highest BCUT2D eigenvalue weighted by Gasteiger charge is 2.20. The Labute approximate surface area is 146 Å². The highest BCUT2D eigenvalue weighted by atomic mass is 16.5. The summed E-state index contributed by atoms with van der Waals surface area (Å²) in [5.74, 6) is 1.90. The van der Waals surface area contributed by atoms with Crippen LogP contribution in [0.25, 0.3) is 22.3 Å². The van der Waals surface area contributed by atoms with E-state index in [1.807, 2.05) is 36.4 Å². The normalized spacial score (nSPS) is 17.7. The third kappa shape index (κ3) is 3.13.